The second kappa shape index (κ2) is 5.31. The van der Waals surface area contributed by atoms with Gasteiger partial charge in [-0.05, 0) is 60.1 Å². The first-order valence-electron chi connectivity index (χ1n) is 8.22. The summed E-state index contributed by atoms with van der Waals surface area (Å²) in [6.45, 7) is 0. The van der Waals surface area contributed by atoms with E-state index in [0.29, 0.717) is 6.04 Å². The lowest BCUT2D eigenvalue weighted by Gasteiger charge is -2.13. The van der Waals surface area contributed by atoms with Gasteiger partial charge in [0, 0.05) is 6.04 Å². The highest BCUT2D eigenvalue weighted by Gasteiger charge is 2.55. The Morgan fingerprint density at radius 1 is 1.00 bits per heavy atom. The van der Waals surface area contributed by atoms with Crippen LogP contribution in [-0.4, -0.2) is 6.04 Å². The lowest BCUT2D eigenvalue weighted by molar-refractivity contribution is 0.504. The van der Waals surface area contributed by atoms with Crippen LogP contribution < -0.4 is 5.73 Å². The molecule has 0 aromatic heterocycles. The zero-order chi connectivity index (χ0) is 14.2. The van der Waals surface area contributed by atoms with Crippen LogP contribution in [-0.2, 0) is 12.8 Å². The number of aryl methyl sites for hydroxylation is 2. The highest BCUT2D eigenvalue weighted by Crippen LogP contribution is 2.61. The Balaban J connectivity index is 1.42. The first-order chi connectivity index (χ1) is 10.3. The van der Waals surface area contributed by atoms with Crippen molar-refractivity contribution in [2.24, 2.45) is 17.6 Å². The average molecular weight is 277 g/mol. The van der Waals surface area contributed by atoms with Crippen LogP contribution in [0, 0.1) is 11.8 Å². The summed E-state index contributed by atoms with van der Waals surface area (Å²) in [5.74, 6) is 2.32. The van der Waals surface area contributed by atoms with Crippen molar-refractivity contribution in [1.29, 1.82) is 0 Å². The van der Waals surface area contributed by atoms with Gasteiger partial charge in [-0.3, -0.25) is 0 Å². The molecule has 1 saturated carbocycles. The van der Waals surface area contributed by atoms with Crippen LogP contribution in [0.15, 0.2) is 54.6 Å². The molecule has 4 rings (SSSR count). The molecule has 2 aromatic rings. The molecule has 4 atom stereocenters. The molecule has 4 unspecified atom stereocenters. The van der Waals surface area contributed by atoms with E-state index >= 15 is 0 Å². The van der Waals surface area contributed by atoms with Crippen molar-refractivity contribution in [2.75, 3.05) is 0 Å². The van der Waals surface area contributed by atoms with Gasteiger partial charge in [0.1, 0.15) is 0 Å². The van der Waals surface area contributed by atoms with Crippen LogP contribution in [0.4, 0.5) is 0 Å². The smallest absolute Gasteiger partial charge is 0.00791 e. The van der Waals surface area contributed by atoms with Gasteiger partial charge in [-0.2, -0.15) is 0 Å². The molecule has 2 aromatic carbocycles. The summed E-state index contributed by atoms with van der Waals surface area (Å²) < 4.78 is 0. The number of nitrogens with two attached hydrogens (primary N) is 1. The monoisotopic (exact) mass is 277 g/mol. The molecule has 0 heterocycles. The van der Waals surface area contributed by atoms with E-state index in [1.807, 2.05) is 0 Å². The highest BCUT2D eigenvalue weighted by molar-refractivity contribution is 5.40. The zero-order valence-corrected chi connectivity index (χ0v) is 12.4. The molecule has 2 aliphatic rings. The summed E-state index contributed by atoms with van der Waals surface area (Å²) in [5.41, 5.74) is 11.1. The van der Waals surface area contributed by atoms with Crippen LogP contribution in [0.5, 0.6) is 0 Å². The van der Waals surface area contributed by atoms with Gasteiger partial charge in [0.05, 0.1) is 0 Å². The van der Waals surface area contributed by atoms with E-state index in [2.05, 4.69) is 54.6 Å². The minimum atomic E-state index is 0.353. The topological polar surface area (TPSA) is 26.0 Å². The van der Waals surface area contributed by atoms with Gasteiger partial charge in [0.2, 0.25) is 0 Å². The van der Waals surface area contributed by atoms with Crippen molar-refractivity contribution >= 4 is 0 Å². The van der Waals surface area contributed by atoms with Crippen molar-refractivity contribution < 1.29 is 0 Å². The molecule has 1 nitrogen and oxygen atoms in total. The number of rotatable bonds is 4. The molecule has 108 valence electrons. The van der Waals surface area contributed by atoms with Crippen LogP contribution >= 0.6 is 0 Å². The maximum Gasteiger partial charge on any atom is 0.00791 e. The SMILES string of the molecule is NC(CCc1ccccc1)C1C2CCc3ccccc3C21. The molecular weight excluding hydrogens is 254 g/mol. The third kappa shape index (κ3) is 2.40. The second-order valence-corrected chi connectivity index (χ2v) is 6.69. The van der Waals surface area contributed by atoms with Crippen molar-refractivity contribution in [3.8, 4) is 0 Å². The third-order valence-corrected chi connectivity index (χ3v) is 5.49. The Bertz CT molecular complexity index is 619. The van der Waals surface area contributed by atoms with Crippen LogP contribution in [0.1, 0.15) is 35.4 Å². The summed E-state index contributed by atoms with van der Waals surface area (Å²) in [5, 5.41) is 0. The van der Waals surface area contributed by atoms with E-state index < -0.39 is 0 Å². The van der Waals surface area contributed by atoms with Gasteiger partial charge in [-0.25, -0.2) is 0 Å². The molecule has 0 bridgehead atoms. The maximum atomic E-state index is 6.54. The molecular formula is C20H23N. The van der Waals surface area contributed by atoms with Crippen LogP contribution in [0.25, 0.3) is 0 Å². The molecule has 0 saturated heterocycles. The molecule has 0 aliphatic heterocycles. The van der Waals surface area contributed by atoms with E-state index in [1.54, 1.807) is 11.1 Å². The summed E-state index contributed by atoms with van der Waals surface area (Å²) >= 11 is 0. The van der Waals surface area contributed by atoms with Crippen molar-refractivity contribution in [2.45, 2.75) is 37.6 Å². The molecule has 0 spiro atoms. The summed E-state index contributed by atoms with van der Waals surface area (Å²) in [6, 6.07) is 20.1. The second-order valence-electron chi connectivity index (χ2n) is 6.69. The first-order valence-corrected chi connectivity index (χ1v) is 8.22. The van der Waals surface area contributed by atoms with Crippen molar-refractivity contribution in [1.82, 2.24) is 0 Å². The Morgan fingerprint density at radius 2 is 1.76 bits per heavy atom. The quantitative estimate of drug-likeness (QED) is 0.900. The fourth-order valence-corrected chi connectivity index (χ4v) is 4.37. The van der Waals surface area contributed by atoms with Crippen LogP contribution in [0.2, 0.25) is 0 Å². The predicted molar refractivity (Wildman–Crippen MR) is 87.2 cm³/mol. The molecule has 1 fully saturated rings. The molecule has 0 radical (unpaired) electrons. The maximum absolute atomic E-state index is 6.54. The molecule has 21 heavy (non-hydrogen) atoms. The lowest BCUT2D eigenvalue weighted by Crippen LogP contribution is -2.24. The Labute approximate surface area is 127 Å². The zero-order valence-electron chi connectivity index (χ0n) is 12.4. The van der Waals surface area contributed by atoms with E-state index in [0.717, 1.165) is 30.6 Å². The Hall–Kier alpha value is -1.60. The third-order valence-electron chi connectivity index (χ3n) is 5.49. The first kappa shape index (κ1) is 13.1. The van der Waals surface area contributed by atoms with Crippen molar-refractivity contribution in [3.63, 3.8) is 0 Å². The Morgan fingerprint density at radius 3 is 2.62 bits per heavy atom. The van der Waals surface area contributed by atoms with E-state index in [4.69, 9.17) is 5.73 Å². The molecule has 0 amide bonds. The standard InChI is InChI=1S/C20H23N/c21-18(13-10-14-6-2-1-3-7-14)20-17-12-11-15-8-4-5-9-16(15)19(17)20/h1-9,17-20H,10-13,21H2. The summed E-state index contributed by atoms with van der Waals surface area (Å²) in [4.78, 5) is 0. The average Bonchev–Trinajstić information content (AvgIpc) is 3.29. The van der Waals surface area contributed by atoms with E-state index in [9.17, 15) is 0 Å². The molecule has 2 N–H and O–H groups in total. The summed E-state index contributed by atoms with van der Waals surface area (Å²) in [6.07, 6.45) is 4.81. The number of hydrogen-bond donors (Lipinski definition) is 1. The summed E-state index contributed by atoms with van der Waals surface area (Å²) in [7, 11) is 0. The van der Waals surface area contributed by atoms with Gasteiger partial charge in [-0.15, -0.1) is 0 Å². The van der Waals surface area contributed by atoms with Crippen molar-refractivity contribution in [3.05, 3.63) is 71.3 Å². The fraction of sp³-hybridized carbons (Fsp3) is 0.400. The lowest BCUT2D eigenvalue weighted by atomic mass is 9.92. The predicted octanol–water partition coefficient (Wildman–Crippen LogP) is 3.92. The number of benzene rings is 2. The minimum absolute atomic E-state index is 0.353. The fourth-order valence-electron chi connectivity index (χ4n) is 4.37. The van der Waals surface area contributed by atoms with Gasteiger partial charge >= 0.3 is 0 Å². The van der Waals surface area contributed by atoms with Crippen LogP contribution in [0.3, 0.4) is 0 Å². The number of hydrogen-bond acceptors (Lipinski definition) is 1. The molecule has 1 heteroatoms. The largest absolute Gasteiger partial charge is 0.327 e. The van der Waals surface area contributed by atoms with E-state index in [-0.39, 0.29) is 0 Å². The Kier molecular flexibility index (Phi) is 3.31. The number of fused-ring (bicyclic) bond motifs is 3. The van der Waals surface area contributed by atoms with Gasteiger partial charge in [-0.1, -0.05) is 54.6 Å². The van der Waals surface area contributed by atoms with Gasteiger partial charge in [0.15, 0.2) is 0 Å². The van der Waals surface area contributed by atoms with Gasteiger partial charge in [0.25, 0.3) is 0 Å². The molecule has 2 aliphatic carbocycles. The minimum Gasteiger partial charge on any atom is -0.327 e. The van der Waals surface area contributed by atoms with E-state index in [1.165, 1.54) is 18.4 Å². The highest BCUT2D eigenvalue weighted by atomic mass is 14.7. The normalized spacial score (nSPS) is 27.6. The van der Waals surface area contributed by atoms with Gasteiger partial charge < -0.3 is 5.73 Å².